The van der Waals surface area contributed by atoms with Crippen molar-refractivity contribution < 1.29 is 31.9 Å². The minimum Gasteiger partial charge on any atom is -0.415 e. The van der Waals surface area contributed by atoms with Crippen molar-refractivity contribution in [3.8, 4) is 0 Å². The van der Waals surface area contributed by atoms with Gasteiger partial charge in [-0.25, -0.2) is 22.2 Å². The Kier molecular flexibility index (Phi) is 7.60. The minimum atomic E-state index is -3.37. The van der Waals surface area contributed by atoms with Crippen molar-refractivity contribution in [2.75, 3.05) is 19.5 Å². The number of nitrogens with zero attached hydrogens (tertiary/aromatic N) is 2. The van der Waals surface area contributed by atoms with Crippen LogP contribution in [0.4, 0.5) is 8.78 Å². The SMILES string of the molecule is CCS(=O)(=O)c1ccc(C(CO)NC(=O)c2ccc3c(c2)nc(C2CCCC(F)C2F)n3OC)cc1. The number of fused-ring (bicyclic) bond motifs is 1. The summed E-state index contributed by atoms with van der Waals surface area (Å²) in [6.45, 7) is 1.15. The largest absolute Gasteiger partial charge is 0.415 e. The van der Waals surface area contributed by atoms with Crippen LogP contribution in [0.3, 0.4) is 0 Å². The molecule has 1 aliphatic rings. The van der Waals surface area contributed by atoms with Crippen LogP contribution in [0.2, 0.25) is 0 Å². The Bertz CT molecular complexity index is 1340. The molecule has 4 unspecified atom stereocenters. The average Bonchev–Trinajstić information content (AvgIpc) is 3.26. The van der Waals surface area contributed by atoms with Gasteiger partial charge in [0.1, 0.15) is 25.0 Å². The van der Waals surface area contributed by atoms with E-state index in [9.17, 15) is 27.1 Å². The Morgan fingerprint density at radius 1 is 1.22 bits per heavy atom. The van der Waals surface area contributed by atoms with E-state index < -0.39 is 46.7 Å². The minimum absolute atomic E-state index is 0.0311. The van der Waals surface area contributed by atoms with Gasteiger partial charge in [-0.3, -0.25) is 4.79 Å². The molecule has 1 aromatic heterocycles. The Morgan fingerprint density at radius 2 is 1.94 bits per heavy atom. The van der Waals surface area contributed by atoms with Gasteiger partial charge in [0.15, 0.2) is 15.7 Å². The fourth-order valence-electron chi connectivity index (χ4n) is 4.57. The summed E-state index contributed by atoms with van der Waals surface area (Å²) in [5, 5.41) is 12.6. The van der Waals surface area contributed by atoms with E-state index in [2.05, 4.69) is 10.3 Å². The summed E-state index contributed by atoms with van der Waals surface area (Å²) in [6, 6.07) is 9.91. The summed E-state index contributed by atoms with van der Waals surface area (Å²) in [7, 11) is -1.95. The number of aliphatic hydroxyl groups excluding tert-OH is 1. The molecule has 0 radical (unpaired) electrons. The lowest BCUT2D eigenvalue weighted by Gasteiger charge is -2.28. The van der Waals surface area contributed by atoms with Crippen molar-refractivity contribution in [3.05, 3.63) is 59.4 Å². The number of alkyl halides is 2. The lowest BCUT2D eigenvalue weighted by atomic mass is 9.86. The molecule has 0 aliphatic heterocycles. The summed E-state index contributed by atoms with van der Waals surface area (Å²) in [6.07, 6.45) is -2.07. The van der Waals surface area contributed by atoms with Gasteiger partial charge in [0.2, 0.25) is 0 Å². The molecule has 2 N–H and O–H groups in total. The third-order valence-electron chi connectivity index (χ3n) is 6.65. The van der Waals surface area contributed by atoms with Gasteiger partial charge in [-0.05, 0) is 55.2 Å². The number of carbonyl (C=O) groups excluding carboxylic acids is 1. The zero-order valence-corrected chi connectivity index (χ0v) is 20.8. The van der Waals surface area contributed by atoms with Crippen LogP contribution in [0.5, 0.6) is 0 Å². The number of hydrogen-bond donors (Lipinski definition) is 2. The second-order valence-corrected chi connectivity index (χ2v) is 11.1. The topological polar surface area (TPSA) is 111 Å². The second-order valence-electron chi connectivity index (χ2n) is 8.83. The van der Waals surface area contributed by atoms with Gasteiger partial charge >= 0.3 is 0 Å². The monoisotopic (exact) mass is 521 g/mol. The molecule has 1 amide bonds. The molecule has 11 heteroatoms. The van der Waals surface area contributed by atoms with Gasteiger partial charge in [0.25, 0.3) is 5.91 Å². The molecule has 2 aromatic carbocycles. The molecular formula is C25H29F2N3O5S. The van der Waals surface area contributed by atoms with Gasteiger partial charge in [0.05, 0.1) is 34.7 Å². The van der Waals surface area contributed by atoms with E-state index in [1.54, 1.807) is 31.2 Å². The summed E-state index contributed by atoms with van der Waals surface area (Å²) in [4.78, 5) is 23.0. The van der Waals surface area contributed by atoms with Crippen LogP contribution in [0.25, 0.3) is 11.0 Å². The van der Waals surface area contributed by atoms with Crippen molar-refractivity contribution in [1.82, 2.24) is 15.0 Å². The quantitative estimate of drug-likeness (QED) is 0.471. The molecule has 1 aliphatic carbocycles. The van der Waals surface area contributed by atoms with E-state index in [4.69, 9.17) is 4.84 Å². The van der Waals surface area contributed by atoms with Crippen molar-refractivity contribution in [2.45, 2.75) is 55.4 Å². The molecule has 1 fully saturated rings. The van der Waals surface area contributed by atoms with Crippen molar-refractivity contribution in [2.24, 2.45) is 0 Å². The Hall–Kier alpha value is -3.05. The first-order valence-electron chi connectivity index (χ1n) is 11.8. The van der Waals surface area contributed by atoms with Gasteiger partial charge in [-0.1, -0.05) is 19.1 Å². The molecule has 0 saturated heterocycles. The average molecular weight is 522 g/mol. The highest BCUT2D eigenvalue weighted by molar-refractivity contribution is 7.91. The molecule has 0 spiro atoms. The van der Waals surface area contributed by atoms with Crippen LogP contribution in [0.1, 0.15) is 59.9 Å². The van der Waals surface area contributed by atoms with Crippen LogP contribution in [-0.4, -0.2) is 61.0 Å². The van der Waals surface area contributed by atoms with Gasteiger partial charge in [-0.2, -0.15) is 4.73 Å². The molecule has 194 valence electrons. The van der Waals surface area contributed by atoms with Crippen LogP contribution in [-0.2, 0) is 9.84 Å². The number of aromatic nitrogens is 2. The lowest BCUT2D eigenvalue weighted by Crippen LogP contribution is -2.32. The summed E-state index contributed by atoms with van der Waals surface area (Å²) < 4.78 is 54.1. The number of imidazole rings is 1. The first-order valence-corrected chi connectivity index (χ1v) is 13.4. The maximum atomic E-state index is 14.6. The van der Waals surface area contributed by atoms with Crippen LogP contribution in [0, 0.1) is 0 Å². The molecule has 8 nitrogen and oxygen atoms in total. The van der Waals surface area contributed by atoms with Gasteiger partial charge < -0.3 is 15.3 Å². The molecule has 1 saturated carbocycles. The van der Waals surface area contributed by atoms with Gasteiger partial charge in [-0.15, -0.1) is 0 Å². The van der Waals surface area contributed by atoms with Crippen LogP contribution in [0.15, 0.2) is 47.4 Å². The number of rotatable bonds is 8. The van der Waals surface area contributed by atoms with Crippen molar-refractivity contribution in [1.29, 1.82) is 0 Å². The van der Waals surface area contributed by atoms with E-state index in [1.165, 1.54) is 30.0 Å². The molecule has 4 rings (SSSR count). The summed E-state index contributed by atoms with van der Waals surface area (Å²) in [5.74, 6) is -0.997. The molecule has 3 aromatic rings. The van der Waals surface area contributed by atoms with Crippen molar-refractivity contribution >= 4 is 26.8 Å². The fourth-order valence-corrected chi connectivity index (χ4v) is 5.45. The van der Waals surface area contributed by atoms with E-state index in [0.29, 0.717) is 29.4 Å². The van der Waals surface area contributed by atoms with E-state index in [-0.39, 0.29) is 28.5 Å². The Morgan fingerprint density at radius 3 is 2.58 bits per heavy atom. The number of nitrogens with one attached hydrogen (secondary N) is 1. The first kappa shape index (κ1) is 26.0. The number of halogens is 2. The second kappa shape index (κ2) is 10.5. The highest BCUT2D eigenvalue weighted by Gasteiger charge is 2.38. The number of amides is 1. The molecular weight excluding hydrogens is 492 g/mol. The fraction of sp³-hybridized carbons (Fsp3) is 0.440. The molecule has 0 bridgehead atoms. The standard InChI is InChI=1S/C25H29F2N3O5S/c1-3-36(33,34)17-10-7-15(8-11-17)21(14-31)29-25(32)16-9-12-22-20(13-16)28-24(30(22)35-2)18-5-4-6-19(26)23(18)27/h7-13,18-19,21,23,31H,3-6,14H2,1-2H3,(H,29,32). The first-order chi connectivity index (χ1) is 17.2. The zero-order valence-electron chi connectivity index (χ0n) is 20.0. The summed E-state index contributed by atoms with van der Waals surface area (Å²) >= 11 is 0. The van der Waals surface area contributed by atoms with E-state index in [1.807, 2.05) is 0 Å². The number of hydrogen-bond acceptors (Lipinski definition) is 6. The smallest absolute Gasteiger partial charge is 0.251 e. The number of benzene rings is 2. The molecule has 4 atom stereocenters. The predicted molar refractivity (Wildman–Crippen MR) is 130 cm³/mol. The third kappa shape index (κ3) is 4.94. The molecule has 1 heterocycles. The Labute approximate surface area is 208 Å². The Balaban J connectivity index is 1.58. The van der Waals surface area contributed by atoms with Crippen LogP contribution >= 0.6 is 0 Å². The van der Waals surface area contributed by atoms with E-state index >= 15 is 0 Å². The molecule has 36 heavy (non-hydrogen) atoms. The number of sulfone groups is 1. The number of aliphatic hydroxyl groups is 1. The lowest BCUT2D eigenvalue weighted by molar-refractivity contribution is 0.0813. The highest BCUT2D eigenvalue weighted by Crippen LogP contribution is 2.37. The summed E-state index contributed by atoms with van der Waals surface area (Å²) in [5.41, 5.74) is 1.70. The normalized spacial score (nSPS) is 21.3. The zero-order chi connectivity index (χ0) is 26.0. The third-order valence-corrected chi connectivity index (χ3v) is 8.40. The van der Waals surface area contributed by atoms with Gasteiger partial charge in [0, 0.05) is 5.56 Å². The highest BCUT2D eigenvalue weighted by atomic mass is 32.2. The maximum Gasteiger partial charge on any atom is 0.251 e. The van der Waals surface area contributed by atoms with Crippen LogP contribution < -0.4 is 10.2 Å². The maximum absolute atomic E-state index is 14.6. The van der Waals surface area contributed by atoms with Crippen molar-refractivity contribution in [3.63, 3.8) is 0 Å². The van der Waals surface area contributed by atoms with E-state index in [0.717, 1.165) is 0 Å². The number of carbonyl (C=O) groups is 1. The predicted octanol–water partition coefficient (Wildman–Crippen LogP) is 3.30.